The topological polar surface area (TPSA) is 112 Å². The van der Waals surface area contributed by atoms with Gasteiger partial charge in [0.25, 0.3) is 0 Å². The first-order valence-corrected chi connectivity index (χ1v) is 3.37. The van der Waals surface area contributed by atoms with Crippen molar-refractivity contribution < 1.29 is 65.3 Å². The predicted molar refractivity (Wildman–Crippen MR) is 53.5 cm³/mol. The minimum atomic E-state index is -0.981. The maximum absolute atomic E-state index is 9.25. The molecule has 0 amide bonds. The molecule has 0 aromatic heterocycles. The second kappa shape index (κ2) is 19.4. The zero-order chi connectivity index (χ0) is 12.9. The standard InChI is InChI=1S/3C3H4O2.La/c3*1-2-3(4)5;/h3*2H,1H2,(H,4,5);. The van der Waals surface area contributed by atoms with Gasteiger partial charge in [-0.1, -0.05) is 19.7 Å². The van der Waals surface area contributed by atoms with E-state index in [9.17, 15) is 14.4 Å². The van der Waals surface area contributed by atoms with Crippen LogP contribution in [0.4, 0.5) is 0 Å². The molecule has 3 N–H and O–H groups in total. The van der Waals surface area contributed by atoms with Crippen molar-refractivity contribution in [2.24, 2.45) is 0 Å². The van der Waals surface area contributed by atoms with Gasteiger partial charge < -0.3 is 15.3 Å². The van der Waals surface area contributed by atoms with Crippen molar-refractivity contribution in [3.8, 4) is 0 Å². The first-order chi connectivity index (χ1) is 6.81. The second-order valence-electron chi connectivity index (χ2n) is 1.63. The van der Waals surface area contributed by atoms with E-state index in [1.165, 1.54) is 0 Å². The summed E-state index contributed by atoms with van der Waals surface area (Å²) in [5.74, 6) is -2.94. The third-order valence-electron chi connectivity index (χ3n) is 0.524. The number of hydrogen-bond acceptors (Lipinski definition) is 3. The Morgan fingerprint density at radius 1 is 0.688 bits per heavy atom. The summed E-state index contributed by atoms with van der Waals surface area (Å²) in [5.41, 5.74) is 0. The molecule has 6 nitrogen and oxygen atoms in total. The van der Waals surface area contributed by atoms with Gasteiger partial charge >= 0.3 is 17.9 Å². The van der Waals surface area contributed by atoms with Crippen LogP contribution in [0, 0.1) is 35.6 Å². The summed E-state index contributed by atoms with van der Waals surface area (Å²) in [4.78, 5) is 27.8. The van der Waals surface area contributed by atoms with Gasteiger partial charge in [-0.05, 0) is 0 Å². The largest absolute Gasteiger partial charge is 0.478 e. The number of rotatable bonds is 3. The monoisotopic (exact) mass is 355 g/mol. The van der Waals surface area contributed by atoms with Crippen LogP contribution in [0.2, 0.25) is 0 Å². The molecule has 0 fully saturated rings. The van der Waals surface area contributed by atoms with E-state index in [0.717, 1.165) is 18.2 Å². The Bertz CT molecular complexity index is 216. The SMILES string of the molecule is C=CC(=O)O.C=CC(=O)O.C=CC(=O)O.[La]. The summed E-state index contributed by atoms with van der Waals surface area (Å²) >= 11 is 0. The molecule has 87 valence electrons. The third-order valence-corrected chi connectivity index (χ3v) is 0.524. The predicted octanol–water partition coefficient (Wildman–Crippen LogP) is 0.771. The van der Waals surface area contributed by atoms with E-state index in [-0.39, 0.29) is 35.6 Å². The van der Waals surface area contributed by atoms with E-state index in [1.807, 2.05) is 0 Å². The van der Waals surface area contributed by atoms with Crippen molar-refractivity contribution >= 4 is 17.9 Å². The van der Waals surface area contributed by atoms with Crippen LogP contribution in [0.3, 0.4) is 0 Å². The molecule has 0 saturated heterocycles. The average Bonchev–Trinajstić information content (AvgIpc) is 2.19. The fourth-order valence-corrected chi connectivity index (χ4v) is 0. The normalized spacial score (nSPS) is 6.00. The smallest absolute Gasteiger partial charge is 0.327 e. The van der Waals surface area contributed by atoms with E-state index in [2.05, 4.69) is 19.7 Å². The molecule has 0 aliphatic carbocycles. The van der Waals surface area contributed by atoms with Crippen molar-refractivity contribution in [2.45, 2.75) is 0 Å². The van der Waals surface area contributed by atoms with Crippen LogP contribution in [-0.4, -0.2) is 33.2 Å². The van der Waals surface area contributed by atoms with E-state index >= 15 is 0 Å². The summed E-state index contributed by atoms with van der Waals surface area (Å²) in [6.45, 7) is 8.88. The fraction of sp³-hybridized carbons (Fsp3) is 0. The van der Waals surface area contributed by atoms with Crippen LogP contribution in [0.1, 0.15) is 0 Å². The summed E-state index contributed by atoms with van der Waals surface area (Å²) in [5, 5.41) is 22.8. The van der Waals surface area contributed by atoms with Gasteiger partial charge in [-0.25, -0.2) is 14.4 Å². The number of carbonyl (C=O) groups is 3. The molecule has 0 aromatic rings. The van der Waals surface area contributed by atoms with Gasteiger partial charge in [0, 0.05) is 53.8 Å². The molecule has 16 heavy (non-hydrogen) atoms. The van der Waals surface area contributed by atoms with E-state index in [1.54, 1.807) is 0 Å². The van der Waals surface area contributed by atoms with Crippen LogP contribution in [0.5, 0.6) is 0 Å². The van der Waals surface area contributed by atoms with Crippen LogP contribution in [0.15, 0.2) is 38.0 Å². The number of carboxylic acid groups (broad SMARTS) is 3. The molecule has 1 radical (unpaired) electrons. The average molecular weight is 355 g/mol. The fourth-order valence-electron chi connectivity index (χ4n) is 0. The second-order valence-corrected chi connectivity index (χ2v) is 1.63. The summed E-state index contributed by atoms with van der Waals surface area (Å²) < 4.78 is 0. The molecule has 0 saturated carbocycles. The van der Waals surface area contributed by atoms with Gasteiger partial charge in [-0.2, -0.15) is 0 Å². The number of carboxylic acids is 3. The van der Waals surface area contributed by atoms with Gasteiger partial charge in [0.15, 0.2) is 0 Å². The van der Waals surface area contributed by atoms with Crippen molar-refractivity contribution in [3.63, 3.8) is 0 Å². The van der Waals surface area contributed by atoms with Gasteiger partial charge in [-0.15, -0.1) is 0 Å². The minimum absolute atomic E-state index is 0. The van der Waals surface area contributed by atoms with E-state index in [4.69, 9.17) is 15.3 Å². The maximum atomic E-state index is 9.25. The summed E-state index contributed by atoms with van der Waals surface area (Å²) in [6, 6.07) is 0. The van der Waals surface area contributed by atoms with Crippen LogP contribution in [0.25, 0.3) is 0 Å². The minimum Gasteiger partial charge on any atom is -0.478 e. The van der Waals surface area contributed by atoms with E-state index < -0.39 is 17.9 Å². The Morgan fingerprint density at radius 2 is 0.750 bits per heavy atom. The molecule has 0 aliphatic rings. The molecule has 0 heterocycles. The molecule has 0 bridgehead atoms. The quantitative estimate of drug-likeness (QED) is 0.645. The molecule has 0 aromatic carbocycles. The molecular weight excluding hydrogens is 343 g/mol. The van der Waals surface area contributed by atoms with Crippen LogP contribution in [-0.2, 0) is 14.4 Å². The first-order valence-electron chi connectivity index (χ1n) is 3.37. The summed E-state index contributed by atoms with van der Waals surface area (Å²) in [6.07, 6.45) is 2.50. The zero-order valence-corrected chi connectivity index (χ0v) is 12.1. The van der Waals surface area contributed by atoms with Gasteiger partial charge in [0.05, 0.1) is 0 Å². The molecule has 7 heteroatoms. The zero-order valence-electron chi connectivity index (χ0n) is 8.50. The Labute approximate surface area is 121 Å². The van der Waals surface area contributed by atoms with Crippen molar-refractivity contribution in [1.29, 1.82) is 0 Å². The van der Waals surface area contributed by atoms with Crippen LogP contribution < -0.4 is 0 Å². The molecule has 0 spiro atoms. The van der Waals surface area contributed by atoms with Crippen molar-refractivity contribution in [1.82, 2.24) is 0 Å². The van der Waals surface area contributed by atoms with Gasteiger partial charge in [0.2, 0.25) is 0 Å². The summed E-state index contributed by atoms with van der Waals surface area (Å²) in [7, 11) is 0. The Morgan fingerprint density at radius 3 is 0.750 bits per heavy atom. The van der Waals surface area contributed by atoms with E-state index in [0.29, 0.717) is 0 Å². The molecule has 0 rings (SSSR count). The van der Waals surface area contributed by atoms with Gasteiger partial charge in [0.1, 0.15) is 0 Å². The Hall–Kier alpha value is -1.18. The Kier molecular flexibility index (Phi) is 29.3. The first kappa shape index (κ1) is 24.2. The molecule has 0 aliphatic heterocycles. The van der Waals surface area contributed by atoms with Crippen LogP contribution >= 0.6 is 0 Å². The van der Waals surface area contributed by atoms with Crippen molar-refractivity contribution in [3.05, 3.63) is 38.0 Å². The number of hydrogen-bond donors (Lipinski definition) is 3. The maximum Gasteiger partial charge on any atom is 0.327 e. The van der Waals surface area contributed by atoms with Gasteiger partial charge in [-0.3, -0.25) is 0 Å². The third kappa shape index (κ3) is 77.0. The Balaban J connectivity index is -0.0000000655. The molecule has 0 atom stereocenters. The van der Waals surface area contributed by atoms with Crippen molar-refractivity contribution in [2.75, 3.05) is 0 Å². The molecule has 0 unspecified atom stereocenters. The number of aliphatic carboxylic acids is 3. The molecular formula is C9H12LaO6.